The summed E-state index contributed by atoms with van der Waals surface area (Å²) in [6, 6.07) is 3.55. The number of anilines is 1. The van der Waals surface area contributed by atoms with Gasteiger partial charge >= 0.3 is 6.18 Å². The first kappa shape index (κ1) is 13.8. The van der Waals surface area contributed by atoms with Crippen molar-refractivity contribution in [2.24, 2.45) is 0 Å². The lowest BCUT2D eigenvalue weighted by Gasteiger charge is -2.23. The predicted molar refractivity (Wildman–Crippen MR) is 59.4 cm³/mol. The molecular formula is C10H12F3NO2S. The molecule has 1 aromatic carbocycles. The molecule has 0 unspecified atom stereocenters. The monoisotopic (exact) mass is 267 g/mol. The van der Waals surface area contributed by atoms with Crippen molar-refractivity contribution in [3.05, 3.63) is 29.3 Å². The summed E-state index contributed by atoms with van der Waals surface area (Å²) < 4.78 is 61.6. The van der Waals surface area contributed by atoms with E-state index in [1.165, 1.54) is 19.1 Å². The second-order valence-electron chi connectivity index (χ2n) is 3.70. The number of hydrogen-bond donors (Lipinski definition) is 0. The van der Waals surface area contributed by atoms with E-state index in [1.807, 2.05) is 0 Å². The molecule has 17 heavy (non-hydrogen) atoms. The molecule has 0 amide bonds. The van der Waals surface area contributed by atoms with Crippen molar-refractivity contribution in [1.29, 1.82) is 0 Å². The largest absolute Gasteiger partial charge is 0.418 e. The molecule has 0 radical (unpaired) electrons. The SMILES string of the molecule is Cc1cccc(C(F)(F)F)c1N(C)S(C)(=O)=O. The molecule has 0 N–H and O–H groups in total. The number of halogens is 3. The van der Waals surface area contributed by atoms with E-state index in [0.29, 0.717) is 4.31 Å². The summed E-state index contributed by atoms with van der Waals surface area (Å²) in [7, 11) is -2.62. The number of benzene rings is 1. The van der Waals surface area contributed by atoms with Crippen molar-refractivity contribution in [2.75, 3.05) is 17.6 Å². The van der Waals surface area contributed by atoms with Crippen LogP contribution in [0.25, 0.3) is 0 Å². The van der Waals surface area contributed by atoms with Gasteiger partial charge in [0.05, 0.1) is 17.5 Å². The lowest BCUT2D eigenvalue weighted by Crippen LogP contribution is -2.28. The second kappa shape index (κ2) is 4.21. The highest BCUT2D eigenvalue weighted by atomic mass is 32.2. The fourth-order valence-electron chi connectivity index (χ4n) is 1.47. The normalized spacial score (nSPS) is 12.6. The molecule has 0 aliphatic carbocycles. The second-order valence-corrected chi connectivity index (χ2v) is 5.71. The van der Waals surface area contributed by atoms with Crippen LogP contribution in [0, 0.1) is 6.92 Å². The summed E-state index contributed by atoms with van der Waals surface area (Å²) in [4.78, 5) is 0. The summed E-state index contributed by atoms with van der Waals surface area (Å²) >= 11 is 0. The van der Waals surface area contributed by atoms with Gasteiger partial charge in [0, 0.05) is 7.05 Å². The van der Waals surface area contributed by atoms with Crippen molar-refractivity contribution >= 4 is 15.7 Å². The number of nitrogens with zero attached hydrogens (tertiary/aromatic N) is 1. The van der Waals surface area contributed by atoms with Gasteiger partial charge in [-0.05, 0) is 18.6 Å². The number of hydrogen-bond acceptors (Lipinski definition) is 2. The minimum atomic E-state index is -4.58. The molecule has 0 aliphatic heterocycles. The molecule has 3 nitrogen and oxygen atoms in total. The number of aryl methyl sites for hydroxylation is 1. The minimum absolute atomic E-state index is 0.257. The molecule has 96 valence electrons. The summed E-state index contributed by atoms with van der Waals surface area (Å²) in [5, 5.41) is 0. The third-order valence-electron chi connectivity index (χ3n) is 2.36. The lowest BCUT2D eigenvalue weighted by atomic mass is 10.1. The van der Waals surface area contributed by atoms with Crippen molar-refractivity contribution in [1.82, 2.24) is 0 Å². The molecule has 0 aliphatic rings. The molecule has 0 spiro atoms. The van der Waals surface area contributed by atoms with Gasteiger partial charge in [-0.1, -0.05) is 12.1 Å². The first-order valence-electron chi connectivity index (χ1n) is 4.66. The summed E-state index contributed by atoms with van der Waals surface area (Å²) in [6.45, 7) is 1.44. The van der Waals surface area contributed by atoms with Crippen LogP contribution in [0.3, 0.4) is 0 Å². The zero-order valence-corrected chi connectivity index (χ0v) is 10.4. The summed E-state index contributed by atoms with van der Waals surface area (Å²) in [6.07, 6.45) is -3.72. The Balaban J connectivity index is 3.52. The molecule has 0 saturated carbocycles. The zero-order chi connectivity index (χ0) is 13.4. The van der Waals surface area contributed by atoms with E-state index in [-0.39, 0.29) is 11.3 Å². The van der Waals surface area contributed by atoms with Crippen LogP contribution in [-0.4, -0.2) is 21.7 Å². The zero-order valence-electron chi connectivity index (χ0n) is 9.54. The highest BCUT2D eigenvalue weighted by Gasteiger charge is 2.36. The van der Waals surface area contributed by atoms with Gasteiger partial charge in [-0.15, -0.1) is 0 Å². The lowest BCUT2D eigenvalue weighted by molar-refractivity contribution is -0.137. The predicted octanol–water partition coefficient (Wildman–Crippen LogP) is 2.41. The molecular weight excluding hydrogens is 255 g/mol. The molecule has 7 heteroatoms. The fourth-order valence-corrected chi connectivity index (χ4v) is 2.05. The van der Waals surface area contributed by atoms with E-state index in [2.05, 4.69) is 0 Å². The maximum Gasteiger partial charge on any atom is 0.418 e. The van der Waals surface area contributed by atoms with Gasteiger partial charge in [0.25, 0.3) is 0 Å². The molecule has 0 heterocycles. The van der Waals surface area contributed by atoms with Crippen LogP contribution in [0.4, 0.5) is 18.9 Å². The number of alkyl halides is 3. The van der Waals surface area contributed by atoms with Gasteiger partial charge in [0.15, 0.2) is 0 Å². The van der Waals surface area contributed by atoms with Gasteiger partial charge < -0.3 is 0 Å². The number of sulfonamides is 1. The Morgan fingerprint density at radius 2 is 1.76 bits per heavy atom. The molecule has 0 atom stereocenters. The highest BCUT2D eigenvalue weighted by molar-refractivity contribution is 7.92. The molecule has 0 bridgehead atoms. The Labute approximate surface area is 97.9 Å². The van der Waals surface area contributed by atoms with Crippen LogP contribution in [0.5, 0.6) is 0 Å². The molecule has 1 rings (SSSR count). The molecule has 0 fully saturated rings. The van der Waals surface area contributed by atoms with Crippen LogP contribution in [0.15, 0.2) is 18.2 Å². The number of para-hydroxylation sites is 1. The van der Waals surface area contributed by atoms with Gasteiger partial charge in [0.1, 0.15) is 0 Å². The third kappa shape index (κ3) is 2.91. The van der Waals surface area contributed by atoms with E-state index >= 15 is 0 Å². The molecule has 0 saturated heterocycles. The van der Waals surface area contributed by atoms with Gasteiger partial charge in [0.2, 0.25) is 10.0 Å². The van der Waals surface area contributed by atoms with Crippen LogP contribution in [0.1, 0.15) is 11.1 Å². The van der Waals surface area contributed by atoms with Crippen LogP contribution in [-0.2, 0) is 16.2 Å². The maximum absolute atomic E-state index is 12.8. The number of rotatable bonds is 2. The van der Waals surface area contributed by atoms with E-state index in [9.17, 15) is 21.6 Å². The summed E-state index contributed by atoms with van der Waals surface area (Å²) in [5.74, 6) is 0. The quantitative estimate of drug-likeness (QED) is 0.825. The standard InChI is InChI=1S/C10H12F3NO2S/c1-7-5-4-6-8(10(11,12)13)9(7)14(2)17(3,15)16/h4-6H,1-3H3. The van der Waals surface area contributed by atoms with E-state index in [4.69, 9.17) is 0 Å². The van der Waals surface area contributed by atoms with Crippen LogP contribution >= 0.6 is 0 Å². The first-order valence-corrected chi connectivity index (χ1v) is 6.50. The smallest absolute Gasteiger partial charge is 0.273 e. The fraction of sp³-hybridized carbons (Fsp3) is 0.400. The van der Waals surface area contributed by atoms with Crippen LogP contribution in [0.2, 0.25) is 0 Å². The van der Waals surface area contributed by atoms with Crippen LogP contribution < -0.4 is 4.31 Å². The summed E-state index contributed by atoms with van der Waals surface area (Å²) in [5.41, 5.74) is -1.03. The van der Waals surface area contributed by atoms with E-state index in [1.54, 1.807) is 0 Å². The third-order valence-corrected chi connectivity index (χ3v) is 3.53. The Bertz CT molecular complexity index is 523. The van der Waals surface area contributed by atoms with Gasteiger partial charge in [-0.3, -0.25) is 4.31 Å². The van der Waals surface area contributed by atoms with E-state index in [0.717, 1.165) is 19.4 Å². The Morgan fingerprint density at radius 3 is 2.18 bits per heavy atom. The highest BCUT2D eigenvalue weighted by Crippen LogP contribution is 2.38. The molecule has 0 aromatic heterocycles. The average molecular weight is 267 g/mol. The average Bonchev–Trinajstić information content (AvgIpc) is 2.13. The van der Waals surface area contributed by atoms with Gasteiger partial charge in [-0.25, -0.2) is 8.42 Å². The van der Waals surface area contributed by atoms with Crippen molar-refractivity contribution in [2.45, 2.75) is 13.1 Å². The Kier molecular flexibility index (Phi) is 3.42. The Morgan fingerprint density at radius 1 is 1.24 bits per heavy atom. The maximum atomic E-state index is 12.8. The topological polar surface area (TPSA) is 37.4 Å². The van der Waals surface area contributed by atoms with E-state index < -0.39 is 21.8 Å². The Hall–Kier alpha value is -1.24. The van der Waals surface area contributed by atoms with Crippen molar-refractivity contribution in [3.63, 3.8) is 0 Å². The van der Waals surface area contributed by atoms with Crippen molar-refractivity contribution in [3.8, 4) is 0 Å². The first-order chi connectivity index (χ1) is 7.55. The van der Waals surface area contributed by atoms with Crippen molar-refractivity contribution < 1.29 is 21.6 Å². The minimum Gasteiger partial charge on any atom is -0.273 e. The molecule has 1 aromatic rings. The van der Waals surface area contributed by atoms with Gasteiger partial charge in [-0.2, -0.15) is 13.2 Å².